The summed E-state index contributed by atoms with van der Waals surface area (Å²) in [6.07, 6.45) is 1.62. The Morgan fingerprint density at radius 3 is 2.77 bits per heavy atom. The summed E-state index contributed by atoms with van der Waals surface area (Å²) in [5.41, 5.74) is 1.25. The van der Waals surface area contributed by atoms with Gasteiger partial charge in [0.1, 0.15) is 17.0 Å². The Kier molecular flexibility index (Phi) is 1.92. The van der Waals surface area contributed by atoms with Crippen molar-refractivity contribution in [3.05, 3.63) is 17.3 Å². The van der Waals surface area contributed by atoms with E-state index in [0.29, 0.717) is 0 Å². The van der Waals surface area contributed by atoms with Gasteiger partial charge in [0.2, 0.25) is 0 Å². The van der Waals surface area contributed by atoms with Crippen molar-refractivity contribution < 1.29 is 0 Å². The standard InChI is InChI=1S/C9H11N3S/c1-6-4-13-9-7(6)8(12(2)3)10-5-11-9/h4-5H,1-3H3. The molecule has 0 saturated carbocycles. The second kappa shape index (κ2) is 2.96. The Labute approximate surface area is 81.0 Å². The number of aryl methyl sites for hydroxylation is 1. The highest BCUT2D eigenvalue weighted by atomic mass is 32.1. The number of aromatic nitrogens is 2. The first kappa shape index (κ1) is 8.44. The fourth-order valence-electron chi connectivity index (χ4n) is 1.34. The van der Waals surface area contributed by atoms with Gasteiger partial charge in [-0.25, -0.2) is 9.97 Å². The molecule has 0 aliphatic carbocycles. The van der Waals surface area contributed by atoms with Crippen LogP contribution in [0.3, 0.4) is 0 Å². The van der Waals surface area contributed by atoms with Crippen molar-refractivity contribution in [2.24, 2.45) is 0 Å². The van der Waals surface area contributed by atoms with E-state index in [1.807, 2.05) is 19.0 Å². The molecule has 2 heterocycles. The fraction of sp³-hybridized carbons (Fsp3) is 0.333. The van der Waals surface area contributed by atoms with Gasteiger partial charge in [0, 0.05) is 14.1 Å². The van der Waals surface area contributed by atoms with E-state index in [-0.39, 0.29) is 0 Å². The van der Waals surface area contributed by atoms with Gasteiger partial charge in [-0.3, -0.25) is 0 Å². The van der Waals surface area contributed by atoms with Crippen LogP contribution >= 0.6 is 11.3 Å². The second-order valence-electron chi connectivity index (χ2n) is 3.19. The molecule has 13 heavy (non-hydrogen) atoms. The van der Waals surface area contributed by atoms with Gasteiger partial charge in [0.05, 0.1) is 5.39 Å². The molecule has 0 N–H and O–H groups in total. The summed E-state index contributed by atoms with van der Waals surface area (Å²) in [5.74, 6) is 1.00. The van der Waals surface area contributed by atoms with Crippen LogP contribution in [0.5, 0.6) is 0 Å². The highest BCUT2D eigenvalue weighted by Gasteiger charge is 2.09. The highest BCUT2D eigenvalue weighted by molar-refractivity contribution is 7.17. The minimum absolute atomic E-state index is 1.00. The van der Waals surface area contributed by atoms with E-state index in [2.05, 4.69) is 22.3 Å². The van der Waals surface area contributed by atoms with E-state index in [0.717, 1.165) is 10.6 Å². The number of rotatable bonds is 1. The molecule has 2 aromatic heterocycles. The van der Waals surface area contributed by atoms with Crippen LogP contribution in [0.15, 0.2) is 11.7 Å². The van der Waals surface area contributed by atoms with Crippen molar-refractivity contribution in [1.82, 2.24) is 9.97 Å². The number of hydrogen-bond acceptors (Lipinski definition) is 4. The van der Waals surface area contributed by atoms with Crippen molar-refractivity contribution in [2.75, 3.05) is 19.0 Å². The maximum absolute atomic E-state index is 4.26. The van der Waals surface area contributed by atoms with Gasteiger partial charge in [-0.15, -0.1) is 11.3 Å². The molecular formula is C9H11N3S. The molecule has 0 amide bonds. The maximum Gasteiger partial charge on any atom is 0.140 e. The van der Waals surface area contributed by atoms with Crippen molar-refractivity contribution in [3.8, 4) is 0 Å². The maximum atomic E-state index is 4.26. The molecule has 68 valence electrons. The number of nitrogens with zero attached hydrogens (tertiary/aromatic N) is 3. The van der Waals surface area contributed by atoms with Crippen LogP contribution in [0.1, 0.15) is 5.56 Å². The first-order valence-corrected chi connectivity index (χ1v) is 4.94. The van der Waals surface area contributed by atoms with E-state index >= 15 is 0 Å². The minimum atomic E-state index is 1.00. The number of hydrogen-bond donors (Lipinski definition) is 0. The zero-order chi connectivity index (χ0) is 9.42. The average Bonchev–Trinajstić information content (AvgIpc) is 2.48. The highest BCUT2D eigenvalue weighted by Crippen LogP contribution is 2.29. The van der Waals surface area contributed by atoms with Gasteiger partial charge in [-0.2, -0.15) is 0 Å². The van der Waals surface area contributed by atoms with Gasteiger partial charge >= 0.3 is 0 Å². The minimum Gasteiger partial charge on any atom is -0.362 e. The summed E-state index contributed by atoms with van der Waals surface area (Å²) in [6.45, 7) is 2.09. The SMILES string of the molecule is Cc1csc2ncnc(N(C)C)c12. The van der Waals surface area contributed by atoms with Crippen molar-refractivity contribution in [3.63, 3.8) is 0 Å². The number of anilines is 1. The van der Waals surface area contributed by atoms with E-state index in [9.17, 15) is 0 Å². The topological polar surface area (TPSA) is 29.0 Å². The lowest BCUT2D eigenvalue weighted by atomic mass is 10.2. The molecule has 0 aromatic carbocycles. The summed E-state index contributed by atoms with van der Waals surface area (Å²) in [6, 6.07) is 0. The van der Waals surface area contributed by atoms with Gasteiger partial charge in [-0.1, -0.05) is 0 Å². The molecule has 0 fully saturated rings. The van der Waals surface area contributed by atoms with Crippen LogP contribution < -0.4 is 4.90 Å². The predicted octanol–water partition coefficient (Wildman–Crippen LogP) is 2.07. The van der Waals surface area contributed by atoms with Crippen molar-refractivity contribution in [2.45, 2.75) is 6.92 Å². The summed E-state index contributed by atoms with van der Waals surface area (Å²) in [5, 5.41) is 3.30. The molecular weight excluding hydrogens is 182 g/mol. The van der Waals surface area contributed by atoms with Crippen LogP contribution in [0.4, 0.5) is 5.82 Å². The summed E-state index contributed by atoms with van der Waals surface area (Å²) >= 11 is 1.67. The Morgan fingerprint density at radius 2 is 2.08 bits per heavy atom. The normalized spacial score (nSPS) is 10.7. The Hall–Kier alpha value is -1.16. The quantitative estimate of drug-likeness (QED) is 0.694. The predicted molar refractivity (Wildman–Crippen MR) is 56.5 cm³/mol. The van der Waals surface area contributed by atoms with Crippen LogP contribution in [0.2, 0.25) is 0 Å². The van der Waals surface area contributed by atoms with Crippen LogP contribution in [-0.4, -0.2) is 24.1 Å². The number of thiophene rings is 1. The average molecular weight is 193 g/mol. The molecule has 0 spiro atoms. The Morgan fingerprint density at radius 1 is 1.31 bits per heavy atom. The monoisotopic (exact) mass is 193 g/mol. The summed E-state index contributed by atoms with van der Waals surface area (Å²) in [4.78, 5) is 11.6. The van der Waals surface area contributed by atoms with Crippen LogP contribution in [0, 0.1) is 6.92 Å². The summed E-state index contributed by atoms with van der Waals surface area (Å²) in [7, 11) is 4.00. The molecule has 0 aliphatic rings. The van der Waals surface area contributed by atoms with Crippen molar-refractivity contribution >= 4 is 27.4 Å². The third-order valence-electron chi connectivity index (χ3n) is 1.96. The first-order chi connectivity index (χ1) is 6.20. The zero-order valence-corrected chi connectivity index (χ0v) is 8.72. The van der Waals surface area contributed by atoms with E-state index in [4.69, 9.17) is 0 Å². The smallest absolute Gasteiger partial charge is 0.140 e. The molecule has 4 heteroatoms. The lowest BCUT2D eigenvalue weighted by Crippen LogP contribution is -2.11. The second-order valence-corrected chi connectivity index (χ2v) is 4.05. The van der Waals surface area contributed by atoms with Gasteiger partial charge < -0.3 is 4.90 Å². The van der Waals surface area contributed by atoms with E-state index < -0.39 is 0 Å². The molecule has 0 radical (unpaired) electrons. The third kappa shape index (κ3) is 1.27. The fourth-order valence-corrected chi connectivity index (χ4v) is 2.22. The molecule has 0 saturated heterocycles. The van der Waals surface area contributed by atoms with Gasteiger partial charge in [-0.05, 0) is 17.9 Å². The zero-order valence-electron chi connectivity index (χ0n) is 7.90. The van der Waals surface area contributed by atoms with Gasteiger partial charge in [0.25, 0.3) is 0 Å². The molecule has 3 nitrogen and oxygen atoms in total. The Bertz CT molecular complexity index is 433. The lowest BCUT2D eigenvalue weighted by Gasteiger charge is -2.11. The largest absolute Gasteiger partial charge is 0.362 e. The lowest BCUT2D eigenvalue weighted by molar-refractivity contribution is 1.06. The number of fused-ring (bicyclic) bond motifs is 1. The molecule has 0 atom stereocenters. The van der Waals surface area contributed by atoms with Crippen LogP contribution in [-0.2, 0) is 0 Å². The summed E-state index contributed by atoms with van der Waals surface area (Å²) < 4.78 is 0. The van der Waals surface area contributed by atoms with Gasteiger partial charge in [0.15, 0.2) is 0 Å². The molecule has 0 unspecified atom stereocenters. The molecule has 0 aliphatic heterocycles. The Balaban J connectivity index is 2.80. The van der Waals surface area contributed by atoms with E-state index in [1.54, 1.807) is 17.7 Å². The first-order valence-electron chi connectivity index (χ1n) is 4.06. The van der Waals surface area contributed by atoms with E-state index in [1.165, 1.54) is 10.9 Å². The molecule has 0 bridgehead atoms. The third-order valence-corrected chi connectivity index (χ3v) is 2.96. The molecule has 2 rings (SSSR count). The van der Waals surface area contributed by atoms with Crippen molar-refractivity contribution in [1.29, 1.82) is 0 Å². The molecule has 2 aromatic rings. The van der Waals surface area contributed by atoms with Crippen LogP contribution in [0.25, 0.3) is 10.2 Å².